The molecule has 8 heteroatoms. The Hall–Kier alpha value is -2.74. The van der Waals surface area contributed by atoms with Gasteiger partial charge in [-0.3, -0.25) is 9.59 Å². The van der Waals surface area contributed by atoms with Gasteiger partial charge in [0.05, 0.1) is 11.7 Å². The van der Waals surface area contributed by atoms with Crippen molar-refractivity contribution in [3.8, 4) is 11.3 Å². The summed E-state index contributed by atoms with van der Waals surface area (Å²) in [7, 11) is 0. The number of hydrogen-bond donors (Lipinski definition) is 2. The van der Waals surface area contributed by atoms with Gasteiger partial charge in [0.25, 0.3) is 0 Å². The van der Waals surface area contributed by atoms with Crippen molar-refractivity contribution in [2.24, 2.45) is 5.73 Å². The van der Waals surface area contributed by atoms with E-state index in [0.717, 1.165) is 36.5 Å². The van der Waals surface area contributed by atoms with E-state index in [1.807, 2.05) is 11.0 Å². The van der Waals surface area contributed by atoms with Crippen molar-refractivity contribution in [3.63, 3.8) is 0 Å². The lowest BCUT2D eigenvalue weighted by atomic mass is 10.1. The van der Waals surface area contributed by atoms with Crippen LogP contribution in [-0.2, 0) is 4.79 Å². The molecule has 2 unspecified atom stereocenters. The Labute approximate surface area is 151 Å². The van der Waals surface area contributed by atoms with Crippen molar-refractivity contribution in [2.75, 3.05) is 24.5 Å². The zero-order valence-electron chi connectivity index (χ0n) is 14.5. The lowest BCUT2D eigenvalue weighted by Crippen LogP contribution is -2.51. The van der Waals surface area contributed by atoms with E-state index in [0.29, 0.717) is 19.5 Å². The van der Waals surface area contributed by atoms with Crippen molar-refractivity contribution in [3.05, 3.63) is 41.1 Å². The van der Waals surface area contributed by atoms with Gasteiger partial charge < -0.3 is 20.5 Å². The van der Waals surface area contributed by atoms with E-state index in [4.69, 9.17) is 5.73 Å². The monoisotopic (exact) mass is 354 g/mol. The van der Waals surface area contributed by atoms with Crippen LogP contribution >= 0.6 is 0 Å². The number of hydrogen-bond acceptors (Lipinski definition) is 6. The number of nitrogens with zero attached hydrogens (tertiary/aromatic N) is 4. The second-order valence-corrected chi connectivity index (χ2v) is 6.88. The van der Waals surface area contributed by atoms with Gasteiger partial charge in [0.1, 0.15) is 12.1 Å². The van der Waals surface area contributed by atoms with Crippen LogP contribution in [0.15, 0.2) is 35.5 Å². The molecule has 1 amide bonds. The molecule has 0 saturated carbocycles. The fraction of sp³-hybridized carbons (Fsp3) is 0.444. The molecule has 2 atom stereocenters. The molecule has 136 valence electrons. The van der Waals surface area contributed by atoms with Gasteiger partial charge in [0, 0.05) is 56.0 Å². The van der Waals surface area contributed by atoms with Crippen molar-refractivity contribution < 1.29 is 4.79 Å². The number of nitrogens with one attached hydrogen (secondary N) is 1. The van der Waals surface area contributed by atoms with Crippen molar-refractivity contribution in [1.29, 1.82) is 0 Å². The Bertz CT molecular complexity index is 846. The minimum atomic E-state index is -0.150. The number of likely N-dealkylation sites (tertiary alicyclic amines) is 1. The normalized spacial score (nSPS) is 23.5. The van der Waals surface area contributed by atoms with Gasteiger partial charge in [-0.05, 0) is 18.9 Å². The van der Waals surface area contributed by atoms with Crippen LogP contribution in [-0.4, -0.2) is 57.5 Å². The zero-order valence-corrected chi connectivity index (χ0v) is 14.5. The number of aromatic nitrogens is 3. The standard InChI is InChI=1S/C18H22N6O2/c19-13-9-23(10-15(13)24-6-2-1-3-18(24)26)16-7-14(21-11-22-16)12-4-5-17(25)20-8-12/h4-5,7-8,11,13,15H,1-3,6,9-10,19H2,(H,20,25). The maximum Gasteiger partial charge on any atom is 0.247 e. The van der Waals surface area contributed by atoms with Crippen molar-refractivity contribution >= 4 is 11.7 Å². The van der Waals surface area contributed by atoms with Gasteiger partial charge in [0.15, 0.2) is 0 Å². The van der Waals surface area contributed by atoms with E-state index >= 15 is 0 Å². The molecule has 26 heavy (non-hydrogen) atoms. The third-order valence-electron chi connectivity index (χ3n) is 5.15. The summed E-state index contributed by atoms with van der Waals surface area (Å²) in [5.41, 5.74) is 7.75. The Kier molecular flexibility index (Phi) is 4.42. The molecule has 2 fully saturated rings. The predicted octanol–water partition coefficient (Wildman–Crippen LogP) is 0.360. The first-order valence-corrected chi connectivity index (χ1v) is 8.93. The van der Waals surface area contributed by atoms with Gasteiger partial charge in [-0.1, -0.05) is 0 Å². The fourth-order valence-electron chi connectivity index (χ4n) is 3.75. The number of piperidine rings is 1. The maximum absolute atomic E-state index is 12.2. The lowest BCUT2D eigenvalue weighted by Gasteiger charge is -2.34. The molecule has 4 heterocycles. The number of H-pyrrole nitrogens is 1. The van der Waals surface area contributed by atoms with Crippen LogP contribution < -0.4 is 16.2 Å². The Morgan fingerprint density at radius 1 is 1.15 bits per heavy atom. The molecule has 0 spiro atoms. The van der Waals surface area contributed by atoms with E-state index in [-0.39, 0.29) is 23.6 Å². The van der Waals surface area contributed by atoms with Crippen molar-refractivity contribution in [1.82, 2.24) is 19.9 Å². The molecule has 0 aromatic carbocycles. The first-order valence-electron chi connectivity index (χ1n) is 8.93. The highest BCUT2D eigenvalue weighted by atomic mass is 16.2. The van der Waals surface area contributed by atoms with Crippen molar-refractivity contribution in [2.45, 2.75) is 31.3 Å². The highest BCUT2D eigenvalue weighted by Crippen LogP contribution is 2.26. The quantitative estimate of drug-likeness (QED) is 0.824. The number of aromatic amines is 1. The van der Waals surface area contributed by atoms with Gasteiger partial charge in [-0.25, -0.2) is 9.97 Å². The highest BCUT2D eigenvalue weighted by molar-refractivity contribution is 5.77. The predicted molar refractivity (Wildman–Crippen MR) is 97.6 cm³/mol. The fourth-order valence-corrected chi connectivity index (χ4v) is 3.75. The van der Waals surface area contributed by atoms with Crippen LogP contribution in [0.2, 0.25) is 0 Å². The summed E-state index contributed by atoms with van der Waals surface area (Å²) in [5, 5.41) is 0. The molecular formula is C18H22N6O2. The van der Waals surface area contributed by atoms with E-state index in [1.165, 1.54) is 12.4 Å². The number of carbonyl (C=O) groups is 1. The van der Waals surface area contributed by atoms with E-state index < -0.39 is 0 Å². The molecule has 2 aromatic rings. The first-order chi connectivity index (χ1) is 12.6. The third-order valence-corrected chi connectivity index (χ3v) is 5.15. The van der Waals surface area contributed by atoms with Gasteiger partial charge in [-0.15, -0.1) is 0 Å². The molecule has 8 nitrogen and oxygen atoms in total. The summed E-state index contributed by atoms with van der Waals surface area (Å²) in [6, 6.07) is 5.02. The smallest absolute Gasteiger partial charge is 0.247 e. The minimum absolute atomic E-state index is 0.0225. The number of rotatable bonds is 3. The Morgan fingerprint density at radius 3 is 2.81 bits per heavy atom. The average Bonchev–Trinajstić information content (AvgIpc) is 3.04. The first kappa shape index (κ1) is 16.7. The van der Waals surface area contributed by atoms with E-state index in [9.17, 15) is 9.59 Å². The van der Waals surface area contributed by atoms with Gasteiger partial charge in [-0.2, -0.15) is 0 Å². The summed E-state index contributed by atoms with van der Waals surface area (Å²) in [4.78, 5) is 38.8. The van der Waals surface area contributed by atoms with Crippen LogP contribution in [0.25, 0.3) is 11.3 Å². The Morgan fingerprint density at radius 2 is 2.04 bits per heavy atom. The SMILES string of the molecule is NC1CN(c2cc(-c3ccc(=O)[nH]c3)ncn2)CC1N1CCCCC1=O. The third kappa shape index (κ3) is 3.20. The maximum atomic E-state index is 12.2. The second kappa shape index (κ2) is 6.87. The number of pyridine rings is 1. The summed E-state index contributed by atoms with van der Waals surface area (Å²) in [6.45, 7) is 2.11. The number of anilines is 1. The molecule has 0 radical (unpaired) electrons. The molecule has 2 aromatic heterocycles. The topological polar surface area (TPSA) is 108 Å². The second-order valence-electron chi connectivity index (χ2n) is 6.88. The zero-order chi connectivity index (χ0) is 18.1. The number of nitrogens with two attached hydrogens (primary N) is 1. The minimum Gasteiger partial charge on any atom is -0.353 e. The summed E-state index contributed by atoms with van der Waals surface area (Å²) >= 11 is 0. The van der Waals surface area contributed by atoms with Gasteiger partial charge in [0.2, 0.25) is 11.5 Å². The lowest BCUT2D eigenvalue weighted by molar-refractivity contribution is -0.135. The molecular weight excluding hydrogens is 332 g/mol. The van der Waals surface area contributed by atoms with Gasteiger partial charge >= 0.3 is 0 Å². The summed E-state index contributed by atoms with van der Waals surface area (Å²) < 4.78 is 0. The largest absolute Gasteiger partial charge is 0.353 e. The molecule has 0 bridgehead atoms. The van der Waals surface area contributed by atoms with E-state index in [2.05, 4.69) is 19.9 Å². The molecule has 2 saturated heterocycles. The molecule has 2 aliphatic heterocycles. The highest BCUT2D eigenvalue weighted by Gasteiger charge is 2.38. The van der Waals surface area contributed by atoms with Crippen LogP contribution in [0.3, 0.4) is 0 Å². The van der Waals surface area contributed by atoms with Crippen LogP contribution in [0, 0.1) is 0 Å². The number of amides is 1. The van der Waals surface area contributed by atoms with Crippen LogP contribution in [0.1, 0.15) is 19.3 Å². The summed E-state index contributed by atoms with van der Waals surface area (Å²) in [6.07, 6.45) is 5.78. The molecule has 3 N–H and O–H groups in total. The number of carbonyl (C=O) groups excluding carboxylic acids is 1. The van der Waals surface area contributed by atoms with Crippen LogP contribution in [0.4, 0.5) is 5.82 Å². The van der Waals surface area contributed by atoms with E-state index in [1.54, 1.807) is 12.3 Å². The molecule has 4 rings (SSSR count). The summed E-state index contributed by atoms with van der Waals surface area (Å²) in [5.74, 6) is 0.985. The molecule has 0 aliphatic carbocycles. The molecule has 2 aliphatic rings. The Balaban J connectivity index is 1.55. The average molecular weight is 354 g/mol. The van der Waals surface area contributed by atoms with Crippen LogP contribution in [0.5, 0.6) is 0 Å².